The molecule has 9 heteroatoms. The average Bonchev–Trinajstić information content (AvgIpc) is 3.57. The Morgan fingerprint density at radius 3 is 2.43 bits per heavy atom. The van der Waals surface area contributed by atoms with Crippen molar-refractivity contribution in [3.8, 4) is 11.5 Å². The van der Waals surface area contributed by atoms with E-state index in [2.05, 4.69) is 36.7 Å². The van der Waals surface area contributed by atoms with Crippen LogP contribution in [0.5, 0.6) is 11.5 Å². The predicted molar refractivity (Wildman–Crippen MR) is 173 cm³/mol. The molecule has 0 fully saturated rings. The van der Waals surface area contributed by atoms with E-state index in [1.807, 2.05) is 54.6 Å². The number of ether oxygens (including phenoxy) is 3. The number of hydrogen-bond acceptors (Lipinski definition) is 7. The van der Waals surface area contributed by atoms with Crippen LogP contribution in [-0.4, -0.2) is 35.9 Å². The number of carbonyl (C=O) groups excluding carboxylic acids is 1. The lowest BCUT2D eigenvalue weighted by Gasteiger charge is -2.26. The first-order valence-electron chi connectivity index (χ1n) is 14.5. The van der Waals surface area contributed by atoms with E-state index in [-0.39, 0.29) is 23.8 Å². The van der Waals surface area contributed by atoms with E-state index in [0.29, 0.717) is 32.1 Å². The molecule has 0 bridgehead atoms. The van der Waals surface area contributed by atoms with Crippen LogP contribution in [-0.2, 0) is 9.53 Å². The van der Waals surface area contributed by atoms with E-state index in [1.54, 1.807) is 37.8 Å². The third-order valence-electron chi connectivity index (χ3n) is 7.71. The molecule has 0 unspecified atom stereocenters. The van der Waals surface area contributed by atoms with Crippen LogP contribution in [0.2, 0.25) is 0 Å². The molecule has 0 saturated carbocycles. The van der Waals surface area contributed by atoms with Crippen molar-refractivity contribution >= 4 is 40.0 Å². The minimum atomic E-state index is -0.820. The average molecular weight is 608 g/mol. The number of fused-ring (bicyclic) bond motifs is 2. The number of esters is 1. The first-order valence-corrected chi connectivity index (χ1v) is 15.3. The number of hydrogen-bond donors (Lipinski definition) is 0. The van der Waals surface area contributed by atoms with Crippen LogP contribution >= 0.6 is 11.3 Å². The number of carbonyl (C=O) groups is 1. The summed E-state index contributed by atoms with van der Waals surface area (Å²) in [4.78, 5) is 33.6. The molecule has 6 rings (SSSR count). The summed E-state index contributed by atoms with van der Waals surface area (Å²) in [5.41, 5.74) is 3.95. The third-order valence-corrected chi connectivity index (χ3v) is 8.69. The Hall–Kier alpha value is -4.89. The normalized spacial score (nSPS) is 15.0. The summed E-state index contributed by atoms with van der Waals surface area (Å²) in [6.07, 6.45) is 4.01. The van der Waals surface area contributed by atoms with Gasteiger partial charge in [0.25, 0.3) is 5.56 Å². The molecule has 2 aromatic heterocycles. The van der Waals surface area contributed by atoms with Gasteiger partial charge in [-0.15, -0.1) is 0 Å². The molecule has 0 aliphatic carbocycles. The largest absolute Gasteiger partial charge is 0.493 e. The summed E-state index contributed by atoms with van der Waals surface area (Å²) in [7, 11) is 3.12. The highest BCUT2D eigenvalue weighted by Gasteiger charge is 2.35. The fourth-order valence-corrected chi connectivity index (χ4v) is 6.69. The zero-order valence-corrected chi connectivity index (χ0v) is 26.1. The van der Waals surface area contributed by atoms with Gasteiger partial charge in [0.05, 0.1) is 42.7 Å². The van der Waals surface area contributed by atoms with Crippen LogP contribution in [0.3, 0.4) is 0 Å². The smallest absolute Gasteiger partial charge is 0.338 e. The van der Waals surface area contributed by atoms with Gasteiger partial charge >= 0.3 is 5.97 Å². The van der Waals surface area contributed by atoms with E-state index in [4.69, 9.17) is 19.2 Å². The topological polar surface area (TPSA) is 84.1 Å². The molecule has 0 amide bonds. The molecule has 0 spiro atoms. The number of aromatic nitrogens is 2. The highest BCUT2D eigenvalue weighted by atomic mass is 32.1. The van der Waals surface area contributed by atoms with E-state index < -0.39 is 12.0 Å². The van der Waals surface area contributed by atoms with Gasteiger partial charge in [-0.05, 0) is 50.6 Å². The molecule has 1 aliphatic rings. The number of rotatable bonds is 8. The van der Waals surface area contributed by atoms with Gasteiger partial charge in [-0.25, -0.2) is 9.79 Å². The Morgan fingerprint density at radius 1 is 1.00 bits per heavy atom. The summed E-state index contributed by atoms with van der Waals surface area (Å²) < 4.78 is 21.0. The molecular weight excluding hydrogens is 574 g/mol. The molecule has 3 heterocycles. The van der Waals surface area contributed by atoms with Crippen molar-refractivity contribution in [1.82, 2.24) is 9.13 Å². The van der Waals surface area contributed by atoms with Gasteiger partial charge in [-0.1, -0.05) is 65.9 Å². The maximum absolute atomic E-state index is 14.4. The Bertz CT molecular complexity index is 2090. The quantitative estimate of drug-likeness (QED) is 0.218. The van der Waals surface area contributed by atoms with Crippen LogP contribution < -0.4 is 24.4 Å². The summed E-state index contributed by atoms with van der Waals surface area (Å²) in [6, 6.07) is 22.5. The maximum Gasteiger partial charge on any atom is 0.338 e. The Morgan fingerprint density at radius 2 is 1.73 bits per heavy atom. The van der Waals surface area contributed by atoms with E-state index in [9.17, 15) is 9.59 Å². The SMILES string of the molecule is CCOC(=O)C1=C(c2ccccc2)N=c2s/c(=C\c3cn(C(C)C)c4ccccc34)c(=O)n2[C@@H]1c1ccc(OC)c(OC)c1. The molecule has 3 aromatic carbocycles. The van der Waals surface area contributed by atoms with Crippen molar-refractivity contribution in [2.75, 3.05) is 20.8 Å². The molecule has 0 N–H and O–H groups in total. The van der Waals surface area contributed by atoms with E-state index >= 15 is 0 Å². The standard InChI is InChI=1S/C35H33N3O5S/c1-6-43-34(40)30-31(22-12-8-7-9-13-22)36-35-38(32(30)23-16-17-27(41-4)28(18-23)42-5)33(39)29(44-35)19-24-20-37(21(2)3)26-15-11-10-14-25(24)26/h7-21,32H,6H2,1-5H3/b29-19-/t32-/m1/s1. The van der Waals surface area contributed by atoms with Gasteiger partial charge in [-0.3, -0.25) is 9.36 Å². The fraction of sp³-hybridized carbons (Fsp3) is 0.229. The predicted octanol–water partition coefficient (Wildman–Crippen LogP) is 5.49. The highest BCUT2D eigenvalue weighted by Crippen LogP contribution is 2.38. The molecule has 8 nitrogen and oxygen atoms in total. The number of para-hydroxylation sites is 1. The minimum Gasteiger partial charge on any atom is -0.493 e. The van der Waals surface area contributed by atoms with E-state index in [0.717, 1.165) is 22.0 Å². The van der Waals surface area contributed by atoms with Gasteiger partial charge in [0.15, 0.2) is 16.3 Å². The lowest BCUT2D eigenvalue weighted by molar-refractivity contribution is -0.138. The van der Waals surface area contributed by atoms with E-state index in [1.165, 1.54) is 11.3 Å². The van der Waals surface area contributed by atoms with Crippen LogP contribution in [0.1, 0.15) is 49.5 Å². The number of benzene rings is 3. The van der Waals surface area contributed by atoms with Crippen molar-refractivity contribution in [2.24, 2.45) is 4.99 Å². The van der Waals surface area contributed by atoms with Crippen molar-refractivity contribution < 1.29 is 19.0 Å². The second kappa shape index (κ2) is 12.0. The first-order chi connectivity index (χ1) is 21.4. The van der Waals surface area contributed by atoms with Gasteiger partial charge < -0.3 is 18.8 Å². The lowest BCUT2D eigenvalue weighted by atomic mass is 9.93. The molecule has 44 heavy (non-hydrogen) atoms. The van der Waals surface area contributed by atoms with Crippen LogP contribution in [0.25, 0.3) is 22.7 Å². The second-order valence-electron chi connectivity index (χ2n) is 10.6. The summed E-state index contributed by atoms with van der Waals surface area (Å²) in [6.45, 7) is 6.20. The Balaban J connectivity index is 1.66. The summed E-state index contributed by atoms with van der Waals surface area (Å²) in [5, 5.41) is 1.06. The highest BCUT2D eigenvalue weighted by molar-refractivity contribution is 7.07. The molecule has 0 radical (unpaired) electrons. The van der Waals surface area contributed by atoms with Crippen molar-refractivity contribution in [3.63, 3.8) is 0 Å². The Kier molecular flexibility index (Phi) is 7.97. The van der Waals surface area contributed by atoms with Crippen LogP contribution in [0.4, 0.5) is 0 Å². The number of methoxy groups -OCH3 is 2. The van der Waals surface area contributed by atoms with Crippen molar-refractivity contribution in [3.05, 3.63) is 121 Å². The van der Waals surface area contributed by atoms with Crippen molar-refractivity contribution in [1.29, 1.82) is 0 Å². The maximum atomic E-state index is 14.4. The Labute approximate surface area is 258 Å². The zero-order valence-electron chi connectivity index (χ0n) is 25.2. The van der Waals surface area contributed by atoms with Crippen LogP contribution in [0, 0.1) is 0 Å². The molecule has 0 saturated heterocycles. The minimum absolute atomic E-state index is 0.174. The van der Waals surface area contributed by atoms with Gasteiger partial charge in [-0.2, -0.15) is 0 Å². The molecule has 1 atom stereocenters. The lowest BCUT2D eigenvalue weighted by Crippen LogP contribution is -2.40. The fourth-order valence-electron chi connectivity index (χ4n) is 5.69. The third kappa shape index (κ3) is 5.03. The van der Waals surface area contributed by atoms with Gasteiger partial charge in [0, 0.05) is 34.3 Å². The number of nitrogens with zero attached hydrogens (tertiary/aromatic N) is 3. The monoisotopic (exact) mass is 607 g/mol. The van der Waals surface area contributed by atoms with Gasteiger partial charge in [0.1, 0.15) is 0 Å². The summed E-state index contributed by atoms with van der Waals surface area (Å²) in [5.74, 6) is 0.481. The molecule has 224 valence electrons. The molecule has 1 aliphatic heterocycles. The van der Waals surface area contributed by atoms with Gasteiger partial charge in [0.2, 0.25) is 0 Å². The van der Waals surface area contributed by atoms with Crippen LogP contribution in [0.15, 0.2) is 94.4 Å². The molecular formula is C35H33N3O5S. The second-order valence-corrected chi connectivity index (χ2v) is 11.7. The zero-order chi connectivity index (χ0) is 31.0. The first kappa shape index (κ1) is 29.2. The van der Waals surface area contributed by atoms with Crippen molar-refractivity contribution in [2.45, 2.75) is 32.9 Å². The number of thiazole rings is 1. The summed E-state index contributed by atoms with van der Waals surface area (Å²) >= 11 is 1.30. The molecule has 5 aromatic rings.